The van der Waals surface area contributed by atoms with Crippen LogP contribution >= 0.6 is 0 Å². The molecule has 2 aromatic heterocycles. The van der Waals surface area contributed by atoms with Gasteiger partial charge in [0.05, 0.1) is 6.04 Å². The summed E-state index contributed by atoms with van der Waals surface area (Å²) in [4.78, 5) is 10.7. The number of aromatic nitrogens is 3. The molecule has 1 atom stereocenters. The monoisotopic (exact) mass is 324 g/mol. The molecule has 1 aromatic carbocycles. The maximum absolute atomic E-state index is 14.1. The Morgan fingerprint density at radius 1 is 1.25 bits per heavy atom. The van der Waals surface area contributed by atoms with E-state index in [2.05, 4.69) is 20.0 Å². The molecule has 1 aliphatic rings. The average Bonchev–Trinajstić information content (AvgIpc) is 3.12. The van der Waals surface area contributed by atoms with Gasteiger partial charge in [-0.25, -0.2) is 4.39 Å². The average molecular weight is 324 g/mol. The molecule has 0 bridgehead atoms. The Morgan fingerprint density at radius 3 is 3.00 bits per heavy atom. The second-order valence-corrected chi connectivity index (χ2v) is 5.97. The number of hydrogen-bond acceptors (Lipinski definition) is 5. The van der Waals surface area contributed by atoms with Crippen LogP contribution < -0.4 is 0 Å². The molecule has 0 unspecified atom stereocenters. The summed E-state index contributed by atoms with van der Waals surface area (Å²) in [7, 11) is 0. The van der Waals surface area contributed by atoms with Gasteiger partial charge in [0, 0.05) is 36.6 Å². The van der Waals surface area contributed by atoms with Crippen molar-refractivity contribution in [3.05, 3.63) is 65.6 Å². The summed E-state index contributed by atoms with van der Waals surface area (Å²) in [6.07, 6.45) is 4.22. The van der Waals surface area contributed by atoms with Crippen LogP contribution in [0.4, 0.5) is 4.39 Å². The van der Waals surface area contributed by atoms with E-state index in [9.17, 15) is 4.39 Å². The van der Waals surface area contributed by atoms with Crippen molar-refractivity contribution < 1.29 is 8.91 Å². The smallest absolute Gasteiger partial charge is 0.244 e. The second kappa shape index (κ2) is 6.13. The fourth-order valence-electron chi connectivity index (χ4n) is 3.06. The first kappa shape index (κ1) is 15.0. The largest absolute Gasteiger partial charge is 0.337 e. The molecule has 24 heavy (non-hydrogen) atoms. The lowest BCUT2D eigenvalue weighted by Gasteiger charge is -2.32. The van der Waals surface area contributed by atoms with E-state index >= 15 is 0 Å². The molecule has 0 saturated heterocycles. The van der Waals surface area contributed by atoms with Crippen LogP contribution in [-0.2, 0) is 13.0 Å². The van der Waals surface area contributed by atoms with Gasteiger partial charge in [0.15, 0.2) is 0 Å². The van der Waals surface area contributed by atoms with Gasteiger partial charge in [0.25, 0.3) is 0 Å². The first-order chi connectivity index (χ1) is 11.7. The van der Waals surface area contributed by atoms with Gasteiger partial charge in [-0.2, -0.15) is 4.98 Å². The summed E-state index contributed by atoms with van der Waals surface area (Å²) in [6.45, 7) is 3.39. The highest BCUT2D eigenvalue weighted by Gasteiger charge is 2.27. The highest BCUT2D eigenvalue weighted by Crippen LogP contribution is 2.29. The molecule has 0 N–H and O–H groups in total. The zero-order chi connectivity index (χ0) is 16.5. The fourth-order valence-corrected chi connectivity index (χ4v) is 3.06. The quantitative estimate of drug-likeness (QED) is 0.739. The van der Waals surface area contributed by atoms with Crippen molar-refractivity contribution >= 4 is 0 Å². The van der Waals surface area contributed by atoms with Crippen LogP contribution in [-0.4, -0.2) is 26.6 Å². The van der Waals surface area contributed by atoms with Crippen molar-refractivity contribution in [3.8, 4) is 11.4 Å². The molecule has 0 saturated carbocycles. The molecular formula is C18H17FN4O. The maximum atomic E-state index is 14.1. The first-order valence-electron chi connectivity index (χ1n) is 7.96. The third-order valence-corrected chi connectivity index (χ3v) is 4.51. The Hall–Kier alpha value is -2.60. The van der Waals surface area contributed by atoms with Crippen LogP contribution in [0.15, 0.2) is 47.2 Å². The number of rotatable bonds is 3. The van der Waals surface area contributed by atoms with Crippen LogP contribution in [0.5, 0.6) is 0 Å². The third-order valence-electron chi connectivity index (χ3n) is 4.51. The van der Waals surface area contributed by atoms with Gasteiger partial charge in [0.1, 0.15) is 5.82 Å². The highest BCUT2D eigenvalue weighted by atomic mass is 19.1. The molecule has 0 radical (unpaired) electrons. The van der Waals surface area contributed by atoms with Gasteiger partial charge in [-0.05, 0) is 37.1 Å². The van der Waals surface area contributed by atoms with Gasteiger partial charge in [0.2, 0.25) is 11.7 Å². The van der Waals surface area contributed by atoms with E-state index in [4.69, 9.17) is 4.52 Å². The zero-order valence-electron chi connectivity index (χ0n) is 13.3. The fraction of sp³-hybridized carbons (Fsp3) is 0.278. The summed E-state index contributed by atoms with van der Waals surface area (Å²) >= 11 is 0. The number of hydrogen-bond donors (Lipinski definition) is 0. The summed E-state index contributed by atoms with van der Waals surface area (Å²) in [5.74, 6) is 0.910. The van der Waals surface area contributed by atoms with Crippen molar-refractivity contribution in [2.45, 2.75) is 25.9 Å². The van der Waals surface area contributed by atoms with E-state index in [1.807, 2.05) is 25.1 Å². The number of halogens is 1. The number of fused-ring (bicyclic) bond motifs is 1. The summed E-state index contributed by atoms with van der Waals surface area (Å²) in [5.41, 5.74) is 2.66. The van der Waals surface area contributed by atoms with Crippen molar-refractivity contribution in [2.75, 3.05) is 6.54 Å². The van der Waals surface area contributed by atoms with Crippen LogP contribution in [0, 0.1) is 5.82 Å². The molecule has 6 heteroatoms. The number of nitrogens with zero attached hydrogens (tertiary/aromatic N) is 4. The minimum absolute atomic E-state index is 0.0734. The molecule has 0 spiro atoms. The maximum Gasteiger partial charge on any atom is 0.244 e. The molecule has 4 rings (SSSR count). The Bertz CT molecular complexity index is 849. The molecule has 1 aliphatic heterocycles. The third kappa shape index (κ3) is 2.69. The predicted octanol–water partition coefficient (Wildman–Crippen LogP) is 3.39. The van der Waals surface area contributed by atoms with E-state index in [1.165, 1.54) is 6.07 Å². The summed E-state index contributed by atoms with van der Waals surface area (Å²) < 4.78 is 19.5. The van der Waals surface area contributed by atoms with Crippen molar-refractivity contribution in [2.24, 2.45) is 0 Å². The standard InChI is InChI=1S/C18H17FN4O/c1-12(18-21-17(22-24-18)14-5-3-8-20-10-14)23-9-7-13-4-2-6-16(19)15(13)11-23/h2-6,8,10,12H,7,9,11H2,1H3/t12-/m0/s1. The lowest BCUT2D eigenvalue weighted by molar-refractivity contribution is 0.155. The van der Waals surface area contributed by atoms with E-state index in [0.717, 1.165) is 29.7 Å². The van der Waals surface area contributed by atoms with Crippen LogP contribution in [0.3, 0.4) is 0 Å². The van der Waals surface area contributed by atoms with E-state index in [1.54, 1.807) is 18.5 Å². The zero-order valence-corrected chi connectivity index (χ0v) is 13.3. The van der Waals surface area contributed by atoms with Gasteiger partial charge in [-0.1, -0.05) is 17.3 Å². The Morgan fingerprint density at radius 2 is 2.17 bits per heavy atom. The van der Waals surface area contributed by atoms with Crippen LogP contribution in [0.2, 0.25) is 0 Å². The van der Waals surface area contributed by atoms with E-state index in [-0.39, 0.29) is 11.9 Å². The molecule has 3 heterocycles. The highest BCUT2D eigenvalue weighted by molar-refractivity contribution is 5.51. The lowest BCUT2D eigenvalue weighted by atomic mass is 9.98. The van der Waals surface area contributed by atoms with Crippen molar-refractivity contribution in [1.29, 1.82) is 0 Å². The Kier molecular flexibility index (Phi) is 3.82. The molecule has 3 aromatic rings. The first-order valence-corrected chi connectivity index (χ1v) is 7.96. The van der Waals surface area contributed by atoms with Crippen LogP contribution in [0.1, 0.15) is 30.0 Å². The second-order valence-electron chi connectivity index (χ2n) is 5.97. The van der Waals surface area contributed by atoms with Gasteiger partial charge >= 0.3 is 0 Å². The SMILES string of the molecule is C[C@@H](c1nc(-c2cccnc2)no1)N1CCc2cccc(F)c2C1. The molecule has 0 aliphatic carbocycles. The van der Waals surface area contributed by atoms with Gasteiger partial charge in [-0.3, -0.25) is 9.88 Å². The van der Waals surface area contributed by atoms with E-state index in [0.29, 0.717) is 18.3 Å². The van der Waals surface area contributed by atoms with Crippen molar-refractivity contribution in [1.82, 2.24) is 20.0 Å². The van der Waals surface area contributed by atoms with Gasteiger partial charge in [-0.15, -0.1) is 0 Å². The van der Waals surface area contributed by atoms with Gasteiger partial charge < -0.3 is 4.52 Å². The molecule has 0 amide bonds. The normalized spacial score (nSPS) is 15.9. The molecule has 0 fully saturated rings. The summed E-state index contributed by atoms with van der Waals surface area (Å²) in [6, 6.07) is 8.92. The topological polar surface area (TPSA) is 55.1 Å². The molecule has 5 nitrogen and oxygen atoms in total. The minimum Gasteiger partial charge on any atom is -0.337 e. The van der Waals surface area contributed by atoms with Crippen molar-refractivity contribution in [3.63, 3.8) is 0 Å². The minimum atomic E-state index is -0.147. The predicted molar refractivity (Wildman–Crippen MR) is 86.5 cm³/mol. The molecular weight excluding hydrogens is 307 g/mol. The number of benzene rings is 1. The Labute approximate surface area is 139 Å². The number of pyridine rings is 1. The summed E-state index contributed by atoms with van der Waals surface area (Å²) in [5, 5.41) is 4.04. The van der Waals surface area contributed by atoms with Crippen LogP contribution in [0.25, 0.3) is 11.4 Å². The Balaban J connectivity index is 1.56. The lowest BCUT2D eigenvalue weighted by Crippen LogP contribution is -2.33. The molecule has 122 valence electrons. The van der Waals surface area contributed by atoms with E-state index < -0.39 is 0 Å².